The summed E-state index contributed by atoms with van der Waals surface area (Å²) in [6.45, 7) is 5.37. The summed E-state index contributed by atoms with van der Waals surface area (Å²) in [6, 6.07) is 26.2. The van der Waals surface area contributed by atoms with E-state index in [0.29, 0.717) is 102 Å². The number of carbonyl (C=O) groups is 2. The van der Waals surface area contributed by atoms with E-state index in [2.05, 4.69) is 118 Å². The predicted molar refractivity (Wildman–Crippen MR) is 359 cm³/mol. The molecule has 0 radical (unpaired) electrons. The van der Waals surface area contributed by atoms with Gasteiger partial charge in [-0.05, 0) is 262 Å². The molecule has 3 aromatic rings. The number of ketones is 2. The number of fused-ring (bicyclic) bond motifs is 2. The number of guanidine groups is 1. The Balaban J connectivity index is 0.889. The van der Waals surface area contributed by atoms with Crippen molar-refractivity contribution in [2.45, 2.75) is 153 Å². The van der Waals surface area contributed by atoms with Gasteiger partial charge < -0.3 is 63.4 Å². The number of rotatable bonds is 12. The molecule has 1 saturated heterocycles. The highest BCUT2D eigenvalue weighted by molar-refractivity contribution is 6.08. The lowest BCUT2D eigenvalue weighted by Crippen LogP contribution is -2.57. The maximum Gasteiger partial charge on any atom is 0.202 e. The molecule has 13 N–H and O–H groups in total. The minimum atomic E-state index is -0.609. The third-order valence-electron chi connectivity index (χ3n) is 24.0. The first-order valence-electron chi connectivity index (χ1n) is 34.5. The van der Waals surface area contributed by atoms with Crippen LogP contribution >= 0.6 is 0 Å². The molecule has 7 heterocycles. The van der Waals surface area contributed by atoms with E-state index in [9.17, 15) is 24.9 Å². The van der Waals surface area contributed by atoms with Crippen LogP contribution in [0.25, 0.3) is 5.57 Å². The molecule has 484 valence electrons. The Morgan fingerprint density at radius 3 is 2.60 bits per heavy atom. The summed E-state index contributed by atoms with van der Waals surface area (Å²) < 4.78 is 5.68. The van der Waals surface area contributed by atoms with E-state index in [-0.39, 0.29) is 70.3 Å². The van der Waals surface area contributed by atoms with Crippen molar-refractivity contribution < 1.29 is 29.6 Å². The zero-order valence-electron chi connectivity index (χ0n) is 53.8. The van der Waals surface area contributed by atoms with Gasteiger partial charge in [-0.25, -0.2) is 0 Å². The van der Waals surface area contributed by atoms with Crippen LogP contribution < -0.4 is 48.1 Å². The van der Waals surface area contributed by atoms with E-state index in [4.69, 9.17) is 21.2 Å². The number of aryl methyl sites for hydroxylation is 2. The predicted octanol–water partition coefficient (Wildman–Crippen LogP) is 7.70. The number of methoxy groups -OCH3 is 1. The Morgan fingerprint density at radius 2 is 1.78 bits per heavy atom. The van der Waals surface area contributed by atoms with E-state index in [1.807, 2.05) is 25.3 Å². The van der Waals surface area contributed by atoms with Crippen LogP contribution in [0.1, 0.15) is 118 Å². The summed E-state index contributed by atoms with van der Waals surface area (Å²) in [5.41, 5.74) is 22.1. The molecule has 15 heteroatoms. The van der Waals surface area contributed by atoms with Crippen molar-refractivity contribution in [1.82, 2.24) is 31.9 Å². The van der Waals surface area contributed by atoms with Gasteiger partial charge in [0.15, 0.2) is 17.3 Å². The van der Waals surface area contributed by atoms with Crippen LogP contribution in [-0.4, -0.2) is 116 Å². The Kier molecular flexibility index (Phi) is 19.0. The summed E-state index contributed by atoms with van der Waals surface area (Å²) in [5.74, 6) is 7.04. The lowest BCUT2D eigenvalue weighted by atomic mass is 9.50. The van der Waals surface area contributed by atoms with Gasteiger partial charge in [-0.15, -0.1) is 0 Å². The number of carbonyl (C=O) groups excluding carboxylic acids is 2. The quantitative estimate of drug-likeness (QED) is 0.0474. The van der Waals surface area contributed by atoms with E-state index in [1.165, 1.54) is 42.7 Å². The number of aliphatic hydroxyl groups is 2. The fourth-order valence-corrected chi connectivity index (χ4v) is 20.7. The number of Topliss-reactive ketones (excluding diaryl/α,β-unsaturated/α-hetero) is 1. The Bertz CT molecular complexity index is 3430. The Morgan fingerprint density at radius 1 is 0.945 bits per heavy atom. The highest BCUT2D eigenvalue weighted by Crippen LogP contribution is 2.75. The van der Waals surface area contributed by atoms with E-state index in [1.54, 1.807) is 12.1 Å². The molecular formula is C76H99N9O6. The van der Waals surface area contributed by atoms with Gasteiger partial charge in [-0.2, -0.15) is 4.99 Å². The molecule has 5 saturated carbocycles. The zero-order valence-corrected chi connectivity index (χ0v) is 53.8. The molecule has 15 nitrogen and oxygen atoms in total. The molecule has 1 unspecified atom stereocenters. The summed E-state index contributed by atoms with van der Waals surface area (Å²) in [7, 11) is 3.58. The largest absolute Gasteiger partial charge is 0.504 e. The monoisotopic (exact) mass is 1230 g/mol. The number of aromatic hydroxyl groups is 1. The van der Waals surface area contributed by atoms with Crippen LogP contribution in [0.5, 0.6) is 11.5 Å². The molecular weight excluding hydrogens is 1130 g/mol. The summed E-state index contributed by atoms with van der Waals surface area (Å²) in [6.07, 6.45) is 25.0. The van der Waals surface area contributed by atoms with Crippen molar-refractivity contribution in [3.8, 4) is 23.5 Å². The van der Waals surface area contributed by atoms with Gasteiger partial charge >= 0.3 is 0 Å². The van der Waals surface area contributed by atoms with E-state index >= 15 is 0 Å². The first-order chi connectivity index (χ1) is 44.2. The van der Waals surface area contributed by atoms with Gasteiger partial charge in [0.2, 0.25) is 5.96 Å². The van der Waals surface area contributed by atoms with Crippen LogP contribution in [0, 0.1) is 82.0 Å². The van der Waals surface area contributed by atoms with Crippen molar-refractivity contribution in [3.05, 3.63) is 148 Å². The average Bonchev–Trinajstić information content (AvgIpc) is 1.52. The molecule has 8 bridgehead atoms. The second-order valence-electron chi connectivity index (χ2n) is 29.3. The molecule has 7 aliphatic heterocycles. The zero-order chi connectivity index (χ0) is 63.0. The summed E-state index contributed by atoms with van der Waals surface area (Å²) in [4.78, 5) is 34.2. The maximum absolute atomic E-state index is 14.8. The number of phenols is 1. The van der Waals surface area contributed by atoms with Gasteiger partial charge in [0.25, 0.3) is 0 Å². The first kappa shape index (κ1) is 63.4. The normalized spacial score (nSPS) is 36.4. The molecule has 0 aromatic heterocycles. The van der Waals surface area contributed by atoms with Crippen molar-refractivity contribution in [2.24, 2.45) is 86.5 Å². The summed E-state index contributed by atoms with van der Waals surface area (Å²) in [5, 5.41) is 57.5. The van der Waals surface area contributed by atoms with Crippen molar-refractivity contribution in [3.63, 3.8) is 0 Å². The molecule has 0 amide bonds. The van der Waals surface area contributed by atoms with Gasteiger partial charge in [0.05, 0.1) is 38.4 Å². The number of aliphatic imine (C=N–C) groups is 1. The Labute approximate surface area is 539 Å². The van der Waals surface area contributed by atoms with Crippen LogP contribution in [0.15, 0.2) is 125 Å². The topological polar surface area (TPSA) is 241 Å². The number of ether oxygens (including phenoxy) is 1. The van der Waals surface area contributed by atoms with Gasteiger partial charge in [-0.3, -0.25) is 9.59 Å². The first-order valence-corrected chi connectivity index (χ1v) is 34.5. The highest BCUT2D eigenvalue weighted by atomic mass is 16.5. The van der Waals surface area contributed by atoms with Gasteiger partial charge in [-0.1, -0.05) is 84.3 Å². The number of nitrogens with two attached hydrogens (primary N) is 2. The van der Waals surface area contributed by atoms with Crippen LogP contribution in [0.4, 0.5) is 0 Å². The van der Waals surface area contributed by atoms with Crippen molar-refractivity contribution >= 4 is 23.1 Å². The number of phenolic OH excluding ortho intramolecular Hbond substituents is 1. The molecule has 12 aliphatic rings. The number of allylic oxidation sites excluding steroid dienone is 3. The molecule has 91 heavy (non-hydrogen) atoms. The van der Waals surface area contributed by atoms with Crippen LogP contribution in [-0.2, 0) is 35.3 Å². The number of hydrogen-bond acceptors (Lipinski definition) is 15. The smallest absolute Gasteiger partial charge is 0.202 e. The molecule has 15 rings (SSSR count). The number of benzene rings is 3. The molecule has 18 atom stereocenters. The molecule has 5 aliphatic carbocycles. The summed E-state index contributed by atoms with van der Waals surface area (Å²) >= 11 is 0. The number of dihydropyridines is 1. The second-order valence-corrected chi connectivity index (χ2v) is 29.3. The molecule has 1 spiro atoms. The number of hydrogen-bond donors (Lipinski definition) is 11. The number of nitrogens with zero attached hydrogens (tertiary/aromatic N) is 1. The van der Waals surface area contributed by atoms with Crippen molar-refractivity contribution in [2.75, 3.05) is 46.9 Å². The highest BCUT2D eigenvalue weighted by Gasteiger charge is 2.72. The van der Waals surface area contributed by atoms with Crippen LogP contribution in [0.3, 0.4) is 0 Å². The minimum absolute atomic E-state index is 0.0116. The number of nitrogens with one attached hydrogen (secondary N) is 6. The number of piperidine rings is 1. The Hall–Kier alpha value is -6.35. The van der Waals surface area contributed by atoms with E-state index in [0.717, 1.165) is 107 Å². The number of aliphatic hydroxyl groups excluding tert-OH is 2. The second kappa shape index (κ2) is 27.3. The van der Waals surface area contributed by atoms with Crippen molar-refractivity contribution in [1.29, 1.82) is 0 Å². The lowest BCUT2D eigenvalue weighted by molar-refractivity contribution is -0.126. The minimum Gasteiger partial charge on any atom is -0.504 e. The third-order valence-corrected chi connectivity index (χ3v) is 24.0. The fraction of sp³-hybridized carbons (Fsp3) is 0.566. The third kappa shape index (κ3) is 13.1. The van der Waals surface area contributed by atoms with E-state index < -0.39 is 18.9 Å². The lowest BCUT2D eigenvalue weighted by Gasteiger charge is -2.56. The SMILES string of the molecule is CNC[C@@H]1C[C@]23[C@@H]4C[C@@]5(C[C@H]6[C@@H]7CCNC[C@@H]7C[C@@H]7C=CCN[C@@H]67)C[C@@H](CC[C@H]52)CC(=O)CC(=O)/C=C(\CO)c2cc(OC)c(O)cc2CC2=CNC(N)C=C2[C@H](Cc2cccc(CCc5ccccc5)c2)CC#CN=C(N)N[C@@H]2CC(=C[C@@H]([C@H](C)O)N4)[C@H]3[C@H]1C2. The van der Waals surface area contributed by atoms with Gasteiger partial charge in [0, 0.05) is 49.8 Å². The standard InChI is InChI=1S/C76H99N9O6/c1-45(87)66-31-53-29-58-33-64-57(41-79-2)38-76(72(53)64)69-19-18-49(37-75(69,40-70(76)85-66)39-65-61-20-23-80-42-54(61)27-51-15-9-21-81-73(51)65)26-59(88)34-60(89)30-56(44-86)62-35-68(91-3)67(90)32-52(62)28-55-43-83-71(77)36-63(55)50(14-8-22-82-74(78)84-58)25-48-13-7-12-47(24-48)17-16-46-10-5-4-6-11-46/h4-7,9-13,15,24,30-32,35-36,43,45,49-51,54,57-58,61,64-66,69-73,79-81,83,85-87,90H,14,16-21,23,25-29,33-34,37-42,44,77H2,1-3H3,(H3,78,82,84)/b56-30+/t45-,49-,50-,51-,54-,57-,58+,61+,64-,65-,66-,69+,70-,71?,72-,73+,75-,76+/m0/s1. The average molecular weight is 1230 g/mol. The molecule has 6 fully saturated rings. The molecule has 3 aromatic carbocycles. The van der Waals surface area contributed by atoms with Gasteiger partial charge in [0.1, 0.15) is 5.78 Å². The van der Waals surface area contributed by atoms with Crippen LogP contribution in [0.2, 0.25) is 0 Å². The maximum atomic E-state index is 14.8. The fourth-order valence-electron chi connectivity index (χ4n) is 20.7.